The molecule has 2 aliphatic carbocycles. The number of carbonyl (C=O) groups is 1. The van der Waals surface area contributed by atoms with Crippen LogP contribution in [-0.4, -0.2) is 22.8 Å². The molecule has 0 unspecified atom stereocenters. The van der Waals surface area contributed by atoms with Crippen molar-refractivity contribution in [2.75, 3.05) is 6.61 Å². The van der Waals surface area contributed by atoms with Crippen molar-refractivity contribution in [3.63, 3.8) is 0 Å². The zero-order valence-corrected chi connectivity index (χ0v) is 15.1. The van der Waals surface area contributed by atoms with Crippen LogP contribution in [0.1, 0.15) is 72.6 Å². The van der Waals surface area contributed by atoms with Crippen LogP contribution in [0.5, 0.6) is 0 Å². The fourth-order valence-electron chi connectivity index (χ4n) is 5.30. The third kappa shape index (κ3) is 3.71. The van der Waals surface area contributed by atoms with Gasteiger partial charge in [-0.2, -0.15) is 0 Å². The Bertz CT molecular complexity index is 527. The maximum Gasteiger partial charge on any atom is 0.307 e. The standard InChI is InChI=1S/C20H32O3/c1-14(8-11-21)12-15-6-7-17-19(2,3)9-5-10-20(17,4)16(15)13-18(22)23/h8,17,21H,5-7,9-13H2,1-4H3,(H,22,23)/t17-,20+/m1/s1. The molecule has 3 heteroatoms. The maximum absolute atomic E-state index is 11.5. The molecular weight excluding hydrogens is 288 g/mol. The van der Waals surface area contributed by atoms with Crippen molar-refractivity contribution in [3.8, 4) is 0 Å². The summed E-state index contributed by atoms with van der Waals surface area (Å²) < 4.78 is 0. The summed E-state index contributed by atoms with van der Waals surface area (Å²) in [7, 11) is 0. The summed E-state index contributed by atoms with van der Waals surface area (Å²) in [4.78, 5) is 11.5. The van der Waals surface area contributed by atoms with Crippen molar-refractivity contribution in [1.82, 2.24) is 0 Å². The largest absolute Gasteiger partial charge is 0.481 e. The Morgan fingerprint density at radius 1 is 1.26 bits per heavy atom. The molecule has 1 fully saturated rings. The minimum absolute atomic E-state index is 0.0210. The van der Waals surface area contributed by atoms with Crippen LogP contribution in [0.2, 0.25) is 0 Å². The van der Waals surface area contributed by atoms with Crippen molar-refractivity contribution in [3.05, 3.63) is 22.8 Å². The van der Waals surface area contributed by atoms with Gasteiger partial charge in [0.05, 0.1) is 13.0 Å². The van der Waals surface area contributed by atoms with E-state index in [-0.39, 0.29) is 23.9 Å². The smallest absolute Gasteiger partial charge is 0.307 e. The fraction of sp³-hybridized carbons (Fsp3) is 0.750. The number of aliphatic hydroxyl groups excluding tert-OH is 1. The van der Waals surface area contributed by atoms with Crippen molar-refractivity contribution in [2.45, 2.75) is 72.6 Å². The maximum atomic E-state index is 11.5. The first-order valence-electron chi connectivity index (χ1n) is 8.90. The molecule has 2 rings (SSSR count). The number of rotatable bonds is 5. The van der Waals surface area contributed by atoms with Crippen LogP contribution in [0.25, 0.3) is 0 Å². The predicted molar refractivity (Wildman–Crippen MR) is 93.2 cm³/mol. The molecule has 2 aliphatic rings. The van der Waals surface area contributed by atoms with E-state index in [0.29, 0.717) is 5.92 Å². The summed E-state index contributed by atoms with van der Waals surface area (Å²) in [5.74, 6) is -0.143. The monoisotopic (exact) mass is 320 g/mol. The molecule has 3 nitrogen and oxygen atoms in total. The Balaban J connectivity index is 2.44. The number of fused-ring (bicyclic) bond motifs is 1. The quantitative estimate of drug-likeness (QED) is 0.721. The van der Waals surface area contributed by atoms with E-state index in [2.05, 4.69) is 20.8 Å². The van der Waals surface area contributed by atoms with Gasteiger partial charge in [-0.05, 0) is 55.8 Å². The van der Waals surface area contributed by atoms with Gasteiger partial charge in [-0.15, -0.1) is 0 Å². The van der Waals surface area contributed by atoms with Gasteiger partial charge in [-0.25, -0.2) is 0 Å². The van der Waals surface area contributed by atoms with E-state index in [1.54, 1.807) is 0 Å². The molecule has 0 aromatic heterocycles. The second-order valence-corrected chi connectivity index (χ2v) is 8.41. The van der Waals surface area contributed by atoms with Crippen molar-refractivity contribution in [2.24, 2.45) is 16.7 Å². The summed E-state index contributed by atoms with van der Waals surface area (Å²) >= 11 is 0. The molecule has 0 saturated heterocycles. The van der Waals surface area contributed by atoms with Gasteiger partial charge >= 0.3 is 5.97 Å². The molecular formula is C20H32O3. The van der Waals surface area contributed by atoms with Crippen LogP contribution in [0.15, 0.2) is 22.8 Å². The van der Waals surface area contributed by atoms with Crippen LogP contribution >= 0.6 is 0 Å². The molecule has 0 amide bonds. The Hall–Kier alpha value is -1.09. The summed E-state index contributed by atoms with van der Waals surface area (Å²) in [5, 5.41) is 18.6. The highest BCUT2D eigenvalue weighted by Crippen LogP contribution is 2.60. The molecule has 2 N–H and O–H groups in total. The molecule has 2 atom stereocenters. The number of hydrogen-bond acceptors (Lipinski definition) is 2. The van der Waals surface area contributed by atoms with Crippen molar-refractivity contribution in [1.29, 1.82) is 0 Å². The molecule has 0 bridgehead atoms. The van der Waals surface area contributed by atoms with Gasteiger partial charge in [0.25, 0.3) is 0 Å². The Morgan fingerprint density at radius 3 is 2.57 bits per heavy atom. The van der Waals surface area contributed by atoms with E-state index in [1.165, 1.54) is 24.0 Å². The second kappa shape index (κ2) is 6.80. The Kier molecular flexibility index (Phi) is 5.40. The average molecular weight is 320 g/mol. The van der Waals surface area contributed by atoms with E-state index in [0.717, 1.165) is 31.3 Å². The first-order chi connectivity index (χ1) is 10.7. The molecule has 0 aliphatic heterocycles. The van der Waals surface area contributed by atoms with Gasteiger partial charge in [0.2, 0.25) is 0 Å². The highest BCUT2D eigenvalue weighted by molar-refractivity contribution is 5.71. The molecule has 130 valence electrons. The van der Waals surface area contributed by atoms with E-state index >= 15 is 0 Å². The van der Waals surface area contributed by atoms with Gasteiger partial charge in [0.1, 0.15) is 0 Å². The minimum Gasteiger partial charge on any atom is -0.481 e. The van der Waals surface area contributed by atoms with Crippen LogP contribution < -0.4 is 0 Å². The summed E-state index contributed by atoms with van der Waals surface area (Å²) in [6.45, 7) is 9.10. The number of carboxylic acids is 1. The van der Waals surface area contributed by atoms with Gasteiger partial charge in [0, 0.05) is 0 Å². The number of aliphatic hydroxyl groups is 1. The van der Waals surface area contributed by atoms with Gasteiger partial charge in [-0.1, -0.05) is 50.0 Å². The lowest BCUT2D eigenvalue weighted by Gasteiger charge is -2.55. The minimum atomic E-state index is -0.716. The fourth-order valence-corrected chi connectivity index (χ4v) is 5.30. The van der Waals surface area contributed by atoms with Crippen LogP contribution in [0.4, 0.5) is 0 Å². The summed E-state index contributed by atoms with van der Waals surface area (Å²) in [5.41, 5.74) is 3.94. The van der Waals surface area contributed by atoms with Crippen LogP contribution in [0.3, 0.4) is 0 Å². The van der Waals surface area contributed by atoms with Gasteiger partial charge in [0.15, 0.2) is 0 Å². The summed E-state index contributed by atoms with van der Waals surface area (Å²) in [6.07, 6.45) is 8.52. The van der Waals surface area contributed by atoms with E-state index in [4.69, 9.17) is 5.11 Å². The highest BCUT2D eigenvalue weighted by atomic mass is 16.4. The normalized spacial score (nSPS) is 31.0. The predicted octanol–water partition coefficient (Wildman–Crippen LogP) is 4.71. The zero-order chi connectivity index (χ0) is 17.3. The zero-order valence-electron chi connectivity index (χ0n) is 15.1. The van der Waals surface area contributed by atoms with Gasteiger partial charge in [-0.3, -0.25) is 4.79 Å². The van der Waals surface area contributed by atoms with Crippen LogP contribution in [-0.2, 0) is 4.79 Å². The highest BCUT2D eigenvalue weighted by Gasteiger charge is 2.50. The second-order valence-electron chi connectivity index (χ2n) is 8.41. The number of aliphatic carboxylic acids is 1. The number of hydrogen-bond donors (Lipinski definition) is 2. The van der Waals surface area contributed by atoms with E-state index in [1.807, 2.05) is 13.0 Å². The molecule has 23 heavy (non-hydrogen) atoms. The lowest BCUT2D eigenvalue weighted by atomic mass is 9.49. The van der Waals surface area contributed by atoms with Crippen molar-refractivity contribution >= 4 is 5.97 Å². The molecule has 0 aromatic carbocycles. The third-order valence-electron chi connectivity index (χ3n) is 6.34. The topological polar surface area (TPSA) is 57.5 Å². The average Bonchev–Trinajstić information content (AvgIpc) is 2.41. The lowest BCUT2D eigenvalue weighted by molar-refractivity contribution is -0.137. The number of allylic oxidation sites excluding steroid dienone is 2. The van der Waals surface area contributed by atoms with E-state index in [9.17, 15) is 9.90 Å². The Morgan fingerprint density at radius 2 is 1.96 bits per heavy atom. The Labute approximate surface area is 140 Å². The molecule has 0 radical (unpaired) electrons. The first-order valence-corrected chi connectivity index (χ1v) is 8.90. The SMILES string of the molecule is CC(=CCO)CC1=C(CC(=O)O)[C@]2(C)CCCC(C)(C)[C@H]2CC1. The molecule has 0 aromatic rings. The molecule has 1 saturated carbocycles. The third-order valence-corrected chi connectivity index (χ3v) is 6.34. The number of carboxylic acid groups (broad SMARTS) is 1. The first kappa shape index (κ1) is 18.3. The van der Waals surface area contributed by atoms with Gasteiger partial charge < -0.3 is 10.2 Å². The lowest BCUT2D eigenvalue weighted by Crippen LogP contribution is -2.46. The summed E-state index contributed by atoms with van der Waals surface area (Å²) in [6, 6.07) is 0. The van der Waals surface area contributed by atoms with Crippen molar-refractivity contribution < 1.29 is 15.0 Å². The van der Waals surface area contributed by atoms with E-state index < -0.39 is 5.97 Å². The molecule has 0 spiro atoms. The van der Waals surface area contributed by atoms with Crippen LogP contribution in [0, 0.1) is 16.7 Å². The molecule has 0 heterocycles.